The number of alkyl halides is 6. The van der Waals surface area contributed by atoms with Crippen LogP contribution < -0.4 is 10.1 Å². The fraction of sp³-hybridized carbons (Fsp3) is 0.333. The van der Waals surface area contributed by atoms with Crippen molar-refractivity contribution in [1.29, 1.82) is 0 Å². The lowest BCUT2D eigenvalue weighted by Crippen LogP contribution is -2.30. The maximum atomic E-state index is 12.8. The van der Waals surface area contributed by atoms with Crippen molar-refractivity contribution in [1.82, 2.24) is 5.16 Å². The molecule has 2 aromatic rings. The van der Waals surface area contributed by atoms with Crippen LogP contribution in [0.2, 0.25) is 0 Å². The van der Waals surface area contributed by atoms with E-state index < -0.39 is 41.2 Å². The normalized spacial score (nSPS) is 13.4. The zero-order valence-corrected chi connectivity index (χ0v) is 13.3. The van der Waals surface area contributed by atoms with Crippen LogP contribution in [-0.2, 0) is 17.1 Å². The van der Waals surface area contributed by atoms with Crippen LogP contribution in [0.1, 0.15) is 23.8 Å². The van der Waals surface area contributed by atoms with Gasteiger partial charge in [-0.15, -0.1) is 0 Å². The predicted octanol–water partition coefficient (Wildman–Crippen LogP) is 4.43. The van der Waals surface area contributed by atoms with Gasteiger partial charge in [-0.2, -0.15) is 26.3 Å². The highest BCUT2D eigenvalue weighted by atomic mass is 19.4. The maximum absolute atomic E-state index is 12.8. The number of rotatable bonds is 4. The molecule has 1 amide bonds. The lowest BCUT2D eigenvalue weighted by Gasteiger charge is -2.17. The van der Waals surface area contributed by atoms with Gasteiger partial charge in [0, 0.05) is 6.07 Å². The maximum Gasteiger partial charge on any atom is 0.416 e. The second kappa shape index (κ2) is 6.89. The summed E-state index contributed by atoms with van der Waals surface area (Å²) in [6, 6.07) is 2.12. The molecule has 0 aliphatic rings. The highest BCUT2D eigenvalue weighted by Crippen LogP contribution is 2.38. The van der Waals surface area contributed by atoms with E-state index in [1.54, 1.807) is 6.92 Å². The number of hydrogen-bond donors (Lipinski definition) is 1. The molecule has 1 unspecified atom stereocenters. The largest absolute Gasteiger partial charge is 0.481 e. The van der Waals surface area contributed by atoms with Gasteiger partial charge in [-0.1, -0.05) is 5.16 Å². The number of halogens is 6. The Hall–Kier alpha value is -2.72. The van der Waals surface area contributed by atoms with Crippen LogP contribution in [0.4, 0.5) is 32.2 Å². The first kappa shape index (κ1) is 19.6. The van der Waals surface area contributed by atoms with E-state index in [9.17, 15) is 31.1 Å². The molecule has 0 aliphatic heterocycles. The number of hydrogen-bond acceptors (Lipinski definition) is 4. The van der Waals surface area contributed by atoms with Crippen LogP contribution in [0, 0.1) is 6.92 Å². The van der Waals surface area contributed by atoms with E-state index in [1.165, 1.54) is 6.07 Å². The first-order valence-corrected chi connectivity index (χ1v) is 7.06. The number of carbonyl (C=O) groups excluding carboxylic acids is 1. The molecule has 0 saturated carbocycles. The lowest BCUT2D eigenvalue weighted by atomic mass is 10.1. The van der Waals surface area contributed by atoms with E-state index >= 15 is 0 Å². The van der Waals surface area contributed by atoms with Gasteiger partial charge < -0.3 is 14.6 Å². The van der Waals surface area contributed by atoms with Crippen molar-refractivity contribution in [3.63, 3.8) is 0 Å². The molecule has 0 aliphatic carbocycles. The lowest BCUT2D eigenvalue weighted by molar-refractivity contribution is -0.143. The molecule has 0 spiro atoms. The molecule has 1 aromatic carbocycles. The number of aryl methyl sites for hydroxylation is 1. The van der Waals surface area contributed by atoms with Gasteiger partial charge in [0.2, 0.25) is 0 Å². The Labute approximate surface area is 142 Å². The van der Waals surface area contributed by atoms with Crippen LogP contribution in [0.5, 0.6) is 5.75 Å². The second-order valence-electron chi connectivity index (χ2n) is 5.31. The average molecular weight is 382 g/mol. The molecule has 1 atom stereocenters. The van der Waals surface area contributed by atoms with Crippen molar-refractivity contribution in [3.05, 3.63) is 41.2 Å². The Morgan fingerprint density at radius 3 is 2.04 bits per heavy atom. The highest BCUT2D eigenvalue weighted by Gasteiger charge is 2.37. The molecule has 0 radical (unpaired) electrons. The SMILES string of the molecule is Cc1cc(NC(=O)C(C)Oc2cc(C(F)(F)F)cc(C(F)(F)F)c2)no1. The smallest absolute Gasteiger partial charge is 0.416 e. The Morgan fingerprint density at radius 1 is 1.08 bits per heavy atom. The molecule has 1 aromatic heterocycles. The Balaban J connectivity index is 2.22. The monoisotopic (exact) mass is 382 g/mol. The van der Waals surface area contributed by atoms with Gasteiger partial charge in [-0.25, -0.2) is 0 Å². The van der Waals surface area contributed by atoms with Crippen molar-refractivity contribution in [3.8, 4) is 5.75 Å². The third kappa shape index (κ3) is 4.90. The molecule has 5 nitrogen and oxygen atoms in total. The van der Waals surface area contributed by atoms with Gasteiger partial charge in [0.15, 0.2) is 11.9 Å². The number of benzene rings is 1. The number of anilines is 1. The number of carbonyl (C=O) groups is 1. The number of ether oxygens (including phenoxy) is 1. The molecule has 1 heterocycles. The molecule has 26 heavy (non-hydrogen) atoms. The number of nitrogens with zero attached hydrogens (tertiary/aromatic N) is 1. The van der Waals surface area contributed by atoms with Crippen LogP contribution in [-0.4, -0.2) is 17.2 Å². The van der Waals surface area contributed by atoms with Crippen LogP contribution in [0.25, 0.3) is 0 Å². The molecule has 2 rings (SSSR count). The summed E-state index contributed by atoms with van der Waals surface area (Å²) in [6.45, 7) is 2.72. The highest BCUT2D eigenvalue weighted by molar-refractivity contribution is 5.93. The van der Waals surface area contributed by atoms with E-state index in [1.807, 2.05) is 0 Å². The van der Waals surface area contributed by atoms with E-state index in [4.69, 9.17) is 9.26 Å². The zero-order chi connectivity index (χ0) is 19.7. The molecular weight excluding hydrogens is 370 g/mol. The van der Waals surface area contributed by atoms with E-state index in [-0.39, 0.29) is 11.9 Å². The third-order valence-corrected chi connectivity index (χ3v) is 3.12. The quantitative estimate of drug-likeness (QED) is 0.795. The Kier molecular flexibility index (Phi) is 5.19. The first-order valence-electron chi connectivity index (χ1n) is 7.06. The standard InChI is InChI=1S/C15H12F6N2O3/c1-7-3-12(23-26-7)22-13(24)8(2)25-11-5-9(14(16,17)18)4-10(6-11)15(19,20)21/h3-6,8H,1-2H3,(H,22,23,24). The fourth-order valence-electron chi connectivity index (χ4n) is 1.91. The van der Waals surface area contributed by atoms with E-state index in [2.05, 4.69) is 10.5 Å². The summed E-state index contributed by atoms with van der Waals surface area (Å²) in [6.07, 6.45) is -11.4. The van der Waals surface area contributed by atoms with Gasteiger partial charge >= 0.3 is 12.4 Å². The first-order chi connectivity index (χ1) is 11.9. The van der Waals surface area contributed by atoms with Crippen LogP contribution in [0.3, 0.4) is 0 Å². The molecule has 0 bridgehead atoms. The van der Waals surface area contributed by atoms with Crippen molar-refractivity contribution >= 4 is 11.7 Å². The predicted molar refractivity (Wildman–Crippen MR) is 76.4 cm³/mol. The van der Waals surface area contributed by atoms with E-state index in [0.29, 0.717) is 17.9 Å². The minimum absolute atomic E-state index is 0.0305. The summed E-state index contributed by atoms with van der Waals surface area (Å²) in [5, 5.41) is 5.74. The van der Waals surface area contributed by atoms with Gasteiger partial charge in [0.25, 0.3) is 5.91 Å². The van der Waals surface area contributed by atoms with Gasteiger partial charge in [-0.05, 0) is 32.0 Å². The van der Waals surface area contributed by atoms with E-state index in [0.717, 1.165) is 6.92 Å². The topological polar surface area (TPSA) is 64.4 Å². The fourth-order valence-corrected chi connectivity index (χ4v) is 1.91. The van der Waals surface area contributed by atoms with Crippen LogP contribution >= 0.6 is 0 Å². The summed E-state index contributed by atoms with van der Waals surface area (Å²) in [4.78, 5) is 11.9. The number of amides is 1. The summed E-state index contributed by atoms with van der Waals surface area (Å²) in [7, 11) is 0. The molecule has 0 saturated heterocycles. The molecule has 11 heteroatoms. The van der Waals surface area contributed by atoms with Gasteiger partial charge in [-0.3, -0.25) is 4.79 Å². The minimum atomic E-state index is -5.01. The summed E-state index contributed by atoms with van der Waals surface area (Å²) in [5.74, 6) is -1.15. The zero-order valence-electron chi connectivity index (χ0n) is 13.3. The van der Waals surface area contributed by atoms with Crippen molar-refractivity contribution < 1.29 is 40.4 Å². The van der Waals surface area contributed by atoms with Crippen molar-refractivity contribution in [2.75, 3.05) is 5.32 Å². The number of aromatic nitrogens is 1. The second-order valence-corrected chi connectivity index (χ2v) is 5.31. The summed E-state index contributed by atoms with van der Waals surface area (Å²) < 4.78 is 86.5. The van der Waals surface area contributed by atoms with Gasteiger partial charge in [0.1, 0.15) is 11.5 Å². The van der Waals surface area contributed by atoms with Crippen molar-refractivity contribution in [2.24, 2.45) is 0 Å². The van der Waals surface area contributed by atoms with Crippen molar-refractivity contribution in [2.45, 2.75) is 32.3 Å². The van der Waals surface area contributed by atoms with Crippen LogP contribution in [0.15, 0.2) is 28.8 Å². The van der Waals surface area contributed by atoms with Gasteiger partial charge in [0.05, 0.1) is 11.1 Å². The molecule has 1 N–H and O–H groups in total. The molecule has 0 fully saturated rings. The average Bonchev–Trinajstić information content (AvgIpc) is 2.90. The Morgan fingerprint density at radius 2 is 1.62 bits per heavy atom. The molecular formula is C15H12F6N2O3. The Bertz CT molecular complexity index is 765. The molecule has 142 valence electrons. The number of nitrogens with one attached hydrogen (secondary N) is 1. The summed E-state index contributed by atoms with van der Waals surface area (Å²) >= 11 is 0. The minimum Gasteiger partial charge on any atom is -0.481 e. The third-order valence-electron chi connectivity index (χ3n) is 3.12. The summed E-state index contributed by atoms with van der Waals surface area (Å²) in [5.41, 5.74) is -3.08.